The Bertz CT molecular complexity index is 4020. The van der Waals surface area contributed by atoms with Crippen LogP contribution in [-0.2, 0) is 69.8 Å². The SMILES string of the molecule is C=C(C)C(=O)OCC(O)COC1=CC2C(C=C1)C=C(c1ccccc1C(F)(F)F)C(=O)N2CCCO.C=C(C)C(=O)OCC(O)COC1=CC2C(C=C1)C=C(c1ccccc1CC)C(=O)N2CCCO.C=C(C)C(=O)OCCC(O)C(O)CCOC1=CC2C(C=C1)C=C(c1ccc(OCCO)cc1)C(=O)N2CCCO. The third-order valence-electron chi connectivity index (χ3n) is 18.2. The summed E-state index contributed by atoms with van der Waals surface area (Å²) in [6.07, 6.45) is 15.1. The number of hydrogen-bond acceptors (Lipinski definition) is 21. The molecule has 10 atom stereocenters. The molecule has 3 aromatic carbocycles. The molecule has 0 aromatic heterocycles. The summed E-state index contributed by atoms with van der Waals surface area (Å²) in [5.74, 6) is -1.11. The number of fused-ring (bicyclic) bond motifs is 3. The Hall–Kier alpha value is -9.97. The fourth-order valence-corrected chi connectivity index (χ4v) is 12.5. The van der Waals surface area contributed by atoms with Gasteiger partial charge in [-0.25, -0.2) is 14.4 Å². The molecule has 0 radical (unpaired) electrons. The number of hydrogen-bond donors (Lipinski definition) is 8. The second kappa shape index (κ2) is 42.8. The lowest BCUT2D eigenvalue weighted by molar-refractivity contribution is -0.143. The summed E-state index contributed by atoms with van der Waals surface area (Å²) >= 11 is 0. The number of amides is 3. The second-order valence-corrected chi connectivity index (χ2v) is 26.8. The predicted molar refractivity (Wildman–Crippen MR) is 402 cm³/mol. The molecular formula is C83H100F3N3O21. The Kier molecular flexibility index (Phi) is 34.0. The number of aliphatic hydroxyl groups excluding tert-OH is 8. The van der Waals surface area contributed by atoms with E-state index >= 15 is 0 Å². The van der Waals surface area contributed by atoms with Crippen LogP contribution >= 0.6 is 0 Å². The van der Waals surface area contributed by atoms with Crippen molar-refractivity contribution in [3.8, 4) is 5.75 Å². The van der Waals surface area contributed by atoms with E-state index in [1.165, 1.54) is 49.9 Å². The number of alkyl halides is 3. The molecule has 8 N–H and O–H groups in total. The zero-order valence-electron chi connectivity index (χ0n) is 62.3. The highest BCUT2D eigenvalue weighted by atomic mass is 19.4. The molecule has 0 spiro atoms. The lowest BCUT2D eigenvalue weighted by atomic mass is 9.83. The minimum Gasteiger partial charge on any atom is -0.494 e. The molecule has 24 nitrogen and oxygen atoms in total. The van der Waals surface area contributed by atoms with Gasteiger partial charge in [-0.1, -0.05) is 118 Å². The normalized spacial score (nSPS) is 20.1. The van der Waals surface area contributed by atoms with Gasteiger partial charge in [-0.3, -0.25) is 14.4 Å². The number of carbonyl (C=O) groups excluding carboxylic acids is 6. The lowest BCUT2D eigenvalue weighted by Crippen LogP contribution is -2.48. The van der Waals surface area contributed by atoms with Gasteiger partial charge in [0.1, 0.15) is 68.3 Å². The van der Waals surface area contributed by atoms with Crippen molar-refractivity contribution in [2.45, 2.75) is 115 Å². The van der Waals surface area contributed by atoms with Crippen molar-refractivity contribution in [1.29, 1.82) is 0 Å². The van der Waals surface area contributed by atoms with E-state index in [-0.39, 0.29) is 162 Å². The molecule has 3 amide bonds. The third-order valence-corrected chi connectivity index (χ3v) is 18.2. The maximum absolute atomic E-state index is 13.6. The summed E-state index contributed by atoms with van der Waals surface area (Å²) in [7, 11) is 0. The van der Waals surface area contributed by atoms with Crippen LogP contribution in [0.1, 0.15) is 87.6 Å². The summed E-state index contributed by atoms with van der Waals surface area (Å²) in [6, 6.07) is 18.9. The first kappa shape index (κ1) is 87.3. The Balaban J connectivity index is 0.000000230. The molecule has 6 aliphatic rings. The number of ether oxygens (including phenoxy) is 7. The zero-order chi connectivity index (χ0) is 80.2. The fourth-order valence-electron chi connectivity index (χ4n) is 12.5. The van der Waals surface area contributed by atoms with Gasteiger partial charge < -0.3 is 88.7 Å². The highest BCUT2D eigenvalue weighted by molar-refractivity contribution is 6.22. The summed E-state index contributed by atoms with van der Waals surface area (Å²) in [5, 5.41) is 77.6. The number of rotatable bonds is 37. The van der Waals surface area contributed by atoms with Gasteiger partial charge in [0.25, 0.3) is 17.7 Å². The maximum atomic E-state index is 13.6. The third kappa shape index (κ3) is 24.8. The first-order chi connectivity index (χ1) is 52.6. The molecule has 0 saturated heterocycles. The number of aryl methyl sites for hydroxylation is 1. The Labute approximate surface area is 638 Å². The highest BCUT2D eigenvalue weighted by Gasteiger charge is 2.42. The quantitative estimate of drug-likeness (QED) is 0.0155. The van der Waals surface area contributed by atoms with Gasteiger partial charge in [0.05, 0.1) is 55.7 Å². The Morgan fingerprint density at radius 2 is 0.873 bits per heavy atom. The minimum atomic E-state index is -4.63. The molecular weight excluding hydrogens is 1430 g/mol. The van der Waals surface area contributed by atoms with Crippen LogP contribution in [0.4, 0.5) is 13.2 Å². The van der Waals surface area contributed by atoms with E-state index in [1.54, 1.807) is 40.2 Å². The number of benzene rings is 3. The molecule has 0 fully saturated rings. The Morgan fingerprint density at radius 1 is 0.473 bits per heavy atom. The smallest absolute Gasteiger partial charge is 0.417 e. The summed E-state index contributed by atoms with van der Waals surface area (Å²) < 4.78 is 78.2. The first-order valence-corrected chi connectivity index (χ1v) is 36.4. The van der Waals surface area contributed by atoms with E-state index in [1.807, 2.05) is 85.0 Å². The number of carbonyl (C=O) groups is 6. The predicted octanol–water partition coefficient (Wildman–Crippen LogP) is 7.78. The number of esters is 3. The van der Waals surface area contributed by atoms with Gasteiger partial charge in [0.15, 0.2) is 0 Å². The van der Waals surface area contributed by atoms with E-state index < -0.39 is 71.9 Å². The number of allylic oxidation sites excluding steroid dienone is 3. The number of halogens is 3. The number of nitrogens with zero attached hydrogens (tertiary/aromatic N) is 3. The van der Waals surface area contributed by atoms with E-state index in [2.05, 4.69) is 26.7 Å². The maximum Gasteiger partial charge on any atom is 0.417 e. The molecule has 10 unspecified atom stereocenters. The average molecular weight is 1530 g/mol. The van der Waals surface area contributed by atoms with Crippen molar-refractivity contribution in [3.63, 3.8) is 0 Å². The van der Waals surface area contributed by atoms with Gasteiger partial charge in [-0.15, -0.1) is 0 Å². The van der Waals surface area contributed by atoms with Crippen molar-refractivity contribution < 1.29 is 116 Å². The molecule has 3 aliphatic carbocycles. The topological polar surface area (TPSA) is 339 Å². The van der Waals surface area contributed by atoms with E-state index in [9.17, 15) is 77.7 Å². The van der Waals surface area contributed by atoms with Gasteiger partial charge in [-0.05, 0) is 123 Å². The van der Waals surface area contributed by atoms with Crippen molar-refractivity contribution in [1.82, 2.24) is 14.7 Å². The minimum absolute atomic E-state index is 0.0102. The molecule has 3 heterocycles. The zero-order valence-corrected chi connectivity index (χ0v) is 62.3. The van der Waals surface area contributed by atoms with Gasteiger partial charge in [0, 0.05) is 103 Å². The molecule has 0 saturated carbocycles. The standard InChI is InChI=1S/C30H39NO9.C27H33NO6.C26H28F3NO6/c1-20(2)30(37)40-16-11-28(35)27(34)10-15-38-24-9-6-22-18-25(21-4-7-23(8-5-21)39-17-14-33)29(36)31(12-3-13-32)26(22)19-24;1-4-19-8-5-6-9-23(19)24-14-20-10-11-22(15-25(20)28(26(24)31)12-7-13-29)33-16-21(30)17-34-27(32)18(2)3;1-16(2)25(34)36-15-18(32)14-35-19-9-8-17-12-21(20-6-3-4-7-22(20)26(27,28)29)24(33)30(10-5-11-31)23(17)13-19/h4-9,18-19,22,26-28,32-35H,1,3,10-17H2,2H3;5-6,8-11,14-15,20-21,25,29-30H,2,4,7,12-13,16-17H2,1,3H3;3-4,6-9,12-13,17-18,23,31-32H,1,5,10-11,14-15H2,2H3. The van der Waals surface area contributed by atoms with Crippen molar-refractivity contribution in [3.05, 3.63) is 227 Å². The molecule has 3 aliphatic heterocycles. The highest BCUT2D eigenvalue weighted by Crippen LogP contribution is 2.41. The van der Waals surface area contributed by atoms with Gasteiger partial charge >= 0.3 is 24.1 Å². The molecule has 3 aromatic rings. The molecule has 594 valence electrons. The van der Waals surface area contributed by atoms with Crippen molar-refractivity contribution in [2.75, 3.05) is 92.3 Å². The van der Waals surface area contributed by atoms with E-state index in [4.69, 9.17) is 38.3 Å². The fraction of sp³-hybridized carbons (Fsp3) is 0.422. The van der Waals surface area contributed by atoms with E-state index in [0.717, 1.165) is 29.2 Å². The first-order valence-electron chi connectivity index (χ1n) is 36.4. The molecule has 110 heavy (non-hydrogen) atoms. The monoisotopic (exact) mass is 1530 g/mol. The Morgan fingerprint density at radius 3 is 1.31 bits per heavy atom. The van der Waals surface area contributed by atoms with Crippen LogP contribution in [0.3, 0.4) is 0 Å². The van der Waals surface area contributed by atoms with Crippen molar-refractivity contribution in [2.24, 2.45) is 17.8 Å². The molecule has 9 rings (SSSR count). The second-order valence-electron chi connectivity index (χ2n) is 26.8. The van der Waals surface area contributed by atoms with Gasteiger partial charge in [0.2, 0.25) is 0 Å². The van der Waals surface area contributed by atoms with Crippen LogP contribution < -0.4 is 4.74 Å². The van der Waals surface area contributed by atoms with Crippen LogP contribution in [0, 0.1) is 17.8 Å². The number of aliphatic hydroxyl groups is 8. The van der Waals surface area contributed by atoms with Crippen LogP contribution in [0.25, 0.3) is 16.7 Å². The van der Waals surface area contributed by atoms with Crippen molar-refractivity contribution >= 4 is 52.3 Å². The largest absolute Gasteiger partial charge is 0.494 e. The average Bonchev–Trinajstić information content (AvgIpc) is 0.818. The van der Waals surface area contributed by atoms with Crippen LogP contribution in [0.2, 0.25) is 0 Å². The summed E-state index contributed by atoms with van der Waals surface area (Å²) in [5.41, 5.74) is 3.60. The summed E-state index contributed by atoms with van der Waals surface area (Å²) in [4.78, 5) is 79.7. The molecule has 27 heteroatoms. The van der Waals surface area contributed by atoms with E-state index in [0.29, 0.717) is 60.1 Å². The van der Waals surface area contributed by atoms with Crippen LogP contribution in [0.5, 0.6) is 5.75 Å². The van der Waals surface area contributed by atoms with Crippen LogP contribution in [0.15, 0.2) is 199 Å². The van der Waals surface area contributed by atoms with Crippen LogP contribution in [-0.4, -0.2) is 226 Å². The molecule has 0 bridgehead atoms. The lowest BCUT2D eigenvalue weighted by Gasteiger charge is -2.39. The summed E-state index contributed by atoms with van der Waals surface area (Å²) in [6.45, 7) is 17.2. The van der Waals surface area contributed by atoms with Gasteiger partial charge in [-0.2, -0.15) is 13.2 Å².